The Hall–Kier alpha value is -2.00. The van der Waals surface area contributed by atoms with Gasteiger partial charge in [-0.05, 0) is 47.5 Å². The van der Waals surface area contributed by atoms with Crippen molar-refractivity contribution in [2.75, 3.05) is 5.01 Å². The summed E-state index contributed by atoms with van der Waals surface area (Å²) >= 11 is 18.4. The molecule has 5 heteroatoms. The number of benzene rings is 3. The van der Waals surface area contributed by atoms with Crippen molar-refractivity contribution in [2.45, 2.75) is 12.5 Å². The average molecular weight is 402 g/mol. The van der Waals surface area contributed by atoms with Crippen LogP contribution in [0.4, 0.5) is 5.69 Å². The first-order chi connectivity index (χ1) is 12.6. The first kappa shape index (κ1) is 17.4. The van der Waals surface area contributed by atoms with Crippen LogP contribution in [0.1, 0.15) is 23.6 Å². The molecule has 26 heavy (non-hydrogen) atoms. The number of nitrogens with zero attached hydrogens (tertiary/aromatic N) is 2. The molecule has 0 bridgehead atoms. The Morgan fingerprint density at radius 2 is 1.54 bits per heavy atom. The van der Waals surface area contributed by atoms with Crippen LogP contribution in [0.15, 0.2) is 77.9 Å². The minimum absolute atomic E-state index is 0.0536. The van der Waals surface area contributed by atoms with Crippen LogP contribution in [0.5, 0.6) is 0 Å². The van der Waals surface area contributed by atoms with Crippen molar-refractivity contribution in [2.24, 2.45) is 5.10 Å². The van der Waals surface area contributed by atoms with Crippen molar-refractivity contribution in [1.29, 1.82) is 0 Å². The van der Waals surface area contributed by atoms with E-state index in [1.807, 2.05) is 65.7 Å². The molecular weight excluding hydrogens is 387 g/mol. The zero-order valence-corrected chi connectivity index (χ0v) is 16.0. The first-order valence-corrected chi connectivity index (χ1v) is 9.38. The van der Waals surface area contributed by atoms with E-state index in [0.29, 0.717) is 15.1 Å². The molecule has 4 rings (SSSR count). The van der Waals surface area contributed by atoms with Gasteiger partial charge in [0.2, 0.25) is 0 Å². The maximum Gasteiger partial charge on any atom is 0.0832 e. The molecule has 0 saturated carbocycles. The molecule has 3 aromatic rings. The third kappa shape index (κ3) is 3.45. The molecule has 1 aliphatic heterocycles. The van der Waals surface area contributed by atoms with Crippen LogP contribution < -0.4 is 5.01 Å². The Balaban J connectivity index is 1.75. The molecule has 0 spiro atoms. The SMILES string of the molecule is Clc1ccc(C2=NN(c3ccccc3)[C@H](c3ccc(Cl)c(Cl)c3)C2)cc1. The summed E-state index contributed by atoms with van der Waals surface area (Å²) in [5, 5.41) is 8.77. The first-order valence-electron chi connectivity index (χ1n) is 8.24. The van der Waals surface area contributed by atoms with Gasteiger partial charge in [0.15, 0.2) is 0 Å². The number of rotatable bonds is 3. The van der Waals surface area contributed by atoms with E-state index in [0.717, 1.165) is 28.9 Å². The highest BCUT2D eigenvalue weighted by Gasteiger charge is 2.30. The Morgan fingerprint density at radius 1 is 0.808 bits per heavy atom. The van der Waals surface area contributed by atoms with Crippen LogP contribution in [0.3, 0.4) is 0 Å². The van der Waals surface area contributed by atoms with Crippen molar-refractivity contribution < 1.29 is 0 Å². The van der Waals surface area contributed by atoms with Crippen LogP contribution in [0, 0.1) is 0 Å². The fraction of sp³-hybridized carbons (Fsp3) is 0.0952. The maximum absolute atomic E-state index is 6.25. The smallest absolute Gasteiger partial charge is 0.0832 e. The van der Waals surface area contributed by atoms with Crippen molar-refractivity contribution >= 4 is 46.2 Å². The van der Waals surface area contributed by atoms with Gasteiger partial charge in [0.25, 0.3) is 0 Å². The summed E-state index contributed by atoms with van der Waals surface area (Å²) in [4.78, 5) is 0. The Labute approximate surface area is 167 Å². The third-order valence-corrected chi connectivity index (χ3v) is 5.43. The highest BCUT2D eigenvalue weighted by atomic mass is 35.5. The van der Waals surface area contributed by atoms with E-state index in [4.69, 9.17) is 39.9 Å². The van der Waals surface area contributed by atoms with Gasteiger partial charge >= 0.3 is 0 Å². The minimum atomic E-state index is 0.0536. The predicted octanol–water partition coefficient (Wildman–Crippen LogP) is 7.00. The summed E-state index contributed by atoms with van der Waals surface area (Å²) in [6.07, 6.45) is 0.772. The summed E-state index contributed by atoms with van der Waals surface area (Å²) < 4.78 is 0. The molecule has 0 amide bonds. The molecule has 0 aromatic heterocycles. The van der Waals surface area contributed by atoms with E-state index >= 15 is 0 Å². The Kier molecular flexibility index (Phi) is 4.90. The lowest BCUT2D eigenvalue weighted by Crippen LogP contribution is -2.18. The molecule has 0 radical (unpaired) electrons. The largest absolute Gasteiger partial charge is 0.257 e. The van der Waals surface area contributed by atoms with Gasteiger partial charge in [-0.25, -0.2) is 0 Å². The van der Waals surface area contributed by atoms with E-state index in [1.54, 1.807) is 0 Å². The summed E-state index contributed by atoms with van der Waals surface area (Å²) in [6.45, 7) is 0. The van der Waals surface area contributed by atoms with Crippen LogP contribution in [-0.2, 0) is 0 Å². The number of hydrogen-bond donors (Lipinski definition) is 0. The summed E-state index contributed by atoms with van der Waals surface area (Å²) in [5.74, 6) is 0. The number of hydrogen-bond acceptors (Lipinski definition) is 2. The zero-order valence-electron chi connectivity index (χ0n) is 13.7. The Morgan fingerprint density at radius 3 is 2.23 bits per heavy atom. The van der Waals surface area contributed by atoms with Crippen molar-refractivity contribution in [1.82, 2.24) is 0 Å². The molecule has 0 unspecified atom stereocenters. The molecule has 2 nitrogen and oxygen atoms in total. The van der Waals surface area contributed by atoms with Gasteiger partial charge in [-0.15, -0.1) is 0 Å². The second kappa shape index (κ2) is 7.32. The van der Waals surface area contributed by atoms with Crippen LogP contribution in [0.2, 0.25) is 15.1 Å². The second-order valence-electron chi connectivity index (χ2n) is 6.13. The van der Waals surface area contributed by atoms with Gasteiger partial charge in [-0.1, -0.05) is 71.2 Å². The molecule has 3 aromatic carbocycles. The number of halogens is 3. The van der Waals surface area contributed by atoms with Crippen LogP contribution in [0.25, 0.3) is 0 Å². The number of hydrazone groups is 1. The molecule has 0 N–H and O–H groups in total. The van der Waals surface area contributed by atoms with E-state index < -0.39 is 0 Å². The summed E-state index contributed by atoms with van der Waals surface area (Å²) in [6, 6.07) is 23.7. The topological polar surface area (TPSA) is 15.6 Å². The van der Waals surface area contributed by atoms with Crippen molar-refractivity contribution in [3.63, 3.8) is 0 Å². The fourth-order valence-electron chi connectivity index (χ4n) is 3.13. The van der Waals surface area contributed by atoms with E-state index in [-0.39, 0.29) is 6.04 Å². The fourth-order valence-corrected chi connectivity index (χ4v) is 3.56. The average Bonchev–Trinajstić information content (AvgIpc) is 3.11. The van der Waals surface area contributed by atoms with E-state index in [9.17, 15) is 0 Å². The quantitative estimate of drug-likeness (QED) is 0.461. The molecule has 130 valence electrons. The molecule has 0 saturated heterocycles. The monoisotopic (exact) mass is 400 g/mol. The number of para-hydroxylation sites is 1. The predicted molar refractivity (Wildman–Crippen MR) is 111 cm³/mol. The lowest BCUT2D eigenvalue weighted by Gasteiger charge is -2.24. The lowest BCUT2D eigenvalue weighted by atomic mass is 9.98. The van der Waals surface area contributed by atoms with Crippen molar-refractivity contribution in [3.05, 3.63) is 99.0 Å². The van der Waals surface area contributed by atoms with E-state index in [1.165, 1.54) is 0 Å². The minimum Gasteiger partial charge on any atom is -0.257 e. The van der Waals surface area contributed by atoms with Gasteiger partial charge in [0, 0.05) is 11.4 Å². The third-order valence-electron chi connectivity index (χ3n) is 4.44. The lowest BCUT2D eigenvalue weighted by molar-refractivity contribution is 0.709. The zero-order chi connectivity index (χ0) is 18.1. The summed E-state index contributed by atoms with van der Waals surface area (Å²) in [5.41, 5.74) is 4.20. The van der Waals surface area contributed by atoms with Gasteiger partial charge in [-0.2, -0.15) is 5.10 Å². The molecule has 1 atom stereocenters. The standard InChI is InChI=1S/C21H15Cl3N2/c22-16-9-6-14(7-10-16)20-13-21(15-8-11-18(23)19(24)12-15)26(25-20)17-4-2-1-3-5-17/h1-12,21H,13H2/t21-/m0/s1. The normalized spacial score (nSPS) is 16.7. The molecule has 0 fully saturated rings. The van der Waals surface area contributed by atoms with Gasteiger partial charge in [0.05, 0.1) is 27.5 Å². The molecular formula is C21H15Cl3N2. The van der Waals surface area contributed by atoms with Crippen molar-refractivity contribution in [3.8, 4) is 0 Å². The molecule has 1 heterocycles. The Bertz CT molecular complexity index is 953. The summed E-state index contributed by atoms with van der Waals surface area (Å²) in [7, 11) is 0. The van der Waals surface area contributed by atoms with Gasteiger partial charge < -0.3 is 0 Å². The maximum atomic E-state index is 6.25. The van der Waals surface area contributed by atoms with Crippen LogP contribution in [-0.4, -0.2) is 5.71 Å². The highest BCUT2D eigenvalue weighted by Crippen LogP contribution is 2.38. The van der Waals surface area contributed by atoms with E-state index in [2.05, 4.69) is 12.1 Å². The molecule has 1 aliphatic rings. The van der Waals surface area contributed by atoms with Gasteiger partial charge in [0.1, 0.15) is 0 Å². The second-order valence-corrected chi connectivity index (χ2v) is 7.38. The molecule has 0 aliphatic carbocycles. The van der Waals surface area contributed by atoms with Gasteiger partial charge in [-0.3, -0.25) is 5.01 Å². The highest BCUT2D eigenvalue weighted by molar-refractivity contribution is 6.42. The van der Waals surface area contributed by atoms with Crippen LogP contribution >= 0.6 is 34.8 Å². The number of anilines is 1.